The molecule has 4 heteroatoms. The van der Waals surface area contributed by atoms with Crippen LogP contribution in [-0.4, -0.2) is 35.3 Å². The Balaban J connectivity index is 1.92. The molecule has 2 amide bonds. The van der Waals surface area contributed by atoms with Gasteiger partial charge in [0.05, 0.1) is 6.04 Å². The zero-order chi connectivity index (χ0) is 12.3. The lowest BCUT2D eigenvalue weighted by Crippen LogP contribution is -2.39. The molecular weight excluding hydrogens is 216 g/mol. The SMILES string of the molecule is CC(=O)N[C@H]1CC(=O)N(C2CCCCCC2)C1. The molecule has 2 rings (SSSR count). The van der Waals surface area contributed by atoms with E-state index in [-0.39, 0.29) is 17.9 Å². The Morgan fingerprint density at radius 2 is 1.88 bits per heavy atom. The lowest BCUT2D eigenvalue weighted by molar-refractivity contribution is -0.129. The van der Waals surface area contributed by atoms with Crippen LogP contribution in [-0.2, 0) is 9.59 Å². The molecular formula is C13H22N2O2. The van der Waals surface area contributed by atoms with E-state index < -0.39 is 0 Å². The number of nitrogens with one attached hydrogen (secondary N) is 1. The van der Waals surface area contributed by atoms with E-state index in [0.29, 0.717) is 19.0 Å². The molecule has 0 aromatic carbocycles. The fourth-order valence-electron chi connectivity index (χ4n) is 3.04. The Hall–Kier alpha value is -1.06. The standard InChI is InChI=1S/C13H22N2O2/c1-10(16)14-11-8-13(17)15(9-11)12-6-4-2-3-5-7-12/h11-12H,2-9H2,1H3,(H,14,16)/t11-/m0/s1. The van der Waals surface area contributed by atoms with E-state index >= 15 is 0 Å². The van der Waals surface area contributed by atoms with Crippen molar-refractivity contribution in [3.05, 3.63) is 0 Å². The third-order valence-corrected chi connectivity index (χ3v) is 3.83. The van der Waals surface area contributed by atoms with Gasteiger partial charge in [-0.25, -0.2) is 0 Å². The summed E-state index contributed by atoms with van der Waals surface area (Å²) in [4.78, 5) is 25.0. The highest BCUT2D eigenvalue weighted by Gasteiger charge is 2.34. The van der Waals surface area contributed by atoms with E-state index in [9.17, 15) is 9.59 Å². The number of nitrogens with zero attached hydrogens (tertiary/aromatic N) is 1. The van der Waals surface area contributed by atoms with Crippen LogP contribution in [0, 0.1) is 0 Å². The molecule has 0 aromatic rings. The third kappa shape index (κ3) is 3.20. The Bertz CT molecular complexity index is 296. The topological polar surface area (TPSA) is 49.4 Å². The van der Waals surface area contributed by atoms with E-state index in [0.717, 1.165) is 12.8 Å². The van der Waals surface area contributed by atoms with Crippen LogP contribution in [0.4, 0.5) is 0 Å². The van der Waals surface area contributed by atoms with Crippen LogP contribution in [0.1, 0.15) is 51.9 Å². The first-order valence-electron chi connectivity index (χ1n) is 6.73. The normalized spacial score (nSPS) is 27.0. The van der Waals surface area contributed by atoms with E-state index in [4.69, 9.17) is 0 Å². The smallest absolute Gasteiger partial charge is 0.225 e. The summed E-state index contributed by atoms with van der Waals surface area (Å²) in [6, 6.07) is 0.451. The van der Waals surface area contributed by atoms with Crippen molar-refractivity contribution in [1.82, 2.24) is 10.2 Å². The molecule has 96 valence electrons. The molecule has 4 nitrogen and oxygen atoms in total. The van der Waals surface area contributed by atoms with Gasteiger partial charge in [0.2, 0.25) is 11.8 Å². The van der Waals surface area contributed by atoms with Crippen LogP contribution in [0.3, 0.4) is 0 Å². The van der Waals surface area contributed by atoms with Gasteiger partial charge in [-0.3, -0.25) is 9.59 Å². The lowest BCUT2D eigenvalue weighted by Gasteiger charge is -2.27. The van der Waals surface area contributed by atoms with Crippen molar-refractivity contribution in [2.45, 2.75) is 64.0 Å². The average Bonchev–Trinajstić information content (AvgIpc) is 2.52. The molecule has 1 saturated carbocycles. The first kappa shape index (κ1) is 12.4. The highest BCUT2D eigenvalue weighted by atomic mass is 16.2. The summed E-state index contributed by atoms with van der Waals surface area (Å²) in [5.41, 5.74) is 0. The number of carbonyl (C=O) groups excluding carboxylic acids is 2. The number of hydrogen-bond donors (Lipinski definition) is 1. The predicted octanol–water partition coefficient (Wildman–Crippen LogP) is 1.45. The van der Waals surface area contributed by atoms with Crippen molar-refractivity contribution in [1.29, 1.82) is 0 Å². The number of rotatable bonds is 2. The molecule has 2 aliphatic rings. The zero-order valence-corrected chi connectivity index (χ0v) is 10.6. The van der Waals surface area contributed by atoms with E-state index in [2.05, 4.69) is 5.32 Å². The summed E-state index contributed by atoms with van der Waals surface area (Å²) in [7, 11) is 0. The molecule has 0 aromatic heterocycles. The van der Waals surface area contributed by atoms with Gasteiger partial charge in [-0.2, -0.15) is 0 Å². The van der Waals surface area contributed by atoms with Gasteiger partial charge in [-0.05, 0) is 12.8 Å². The van der Waals surface area contributed by atoms with Crippen molar-refractivity contribution in [3.63, 3.8) is 0 Å². The third-order valence-electron chi connectivity index (χ3n) is 3.83. The maximum Gasteiger partial charge on any atom is 0.225 e. The minimum Gasteiger partial charge on any atom is -0.351 e. The van der Waals surface area contributed by atoms with Gasteiger partial charge < -0.3 is 10.2 Å². The van der Waals surface area contributed by atoms with Gasteiger partial charge in [-0.15, -0.1) is 0 Å². The molecule has 1 N–H and O–H groups in total. The van der Waals surface area contributed by atoms with Crippen molar-refractivity contribution in [2.75, 3.05) is 6.54 Å². The maximum absolute atomic E-state index is 12.0. The average molecular weight is 238 g/mol. The minimum atomic E-state index is -0.0366. The van der Waals surface area contributed by atoms with Gasteiger partial charge in [0.15, 0.2) is 0 Å². The second-order valence-electron chi connectivity index (χ2n) is 5.29. The van der Waals surface area contributed by atoms with Crippen molar-refractivity contribution in [2.24, 2.45) is 0 Å². The van der Waals surface area contributed by atoms with E-state index in [1.807, 2.05) is 4.90 Å². The number of hydrogen-bond acceptors (Lipinski definition) is 2. The Morgan fingerprint density at radius 3 is 2.47 bits per heavy atom. The maximum atomic E-state index is 12.0. The highest BCUT2D eigenvalue weighted by molar-refractivity contribution is 5.81. The molecule has 1 atom stereocenters. The van der Waals surface area contributed by atoms with Gasteiger partial charge in [0.25, 0.3) is 0 Å². The zero-order valence-electron chi connectivity index (χ0n) is 10.6. The van der Waals surface area contributed by atoms with Gasteiger partial charge >= 0.3 is 0 Å². The molecule has 1 aliphatic heterocycles. The first-order chi connectivity index (χ1) is 8.16. The van der Waals surface area contributed by atoms with Crippen LogP contribution < -0.4 is 5.32 Å². The van der Waals surface area contributed by atoms with Crippen molar-refractivity contribution < 1.29 is 9.59 Å². The monoisotopic (exact) mass is 238 g/mol. The van der Waals surface area contributed by atoms with Crippen LogP contribution in [0.25, 0.3) is 0 Å². The Kier molecular flexibility index (Phi) is 4.02. The molecule has 1 saturated heterocycles. The van der Waals surface area contributed by atoms with Crippen molar-refractivity contribution >= 4 is 11.8 Å². The van der Waals surface area contributed by atoms with Crippen molar-refractivity contribution in [3.8, 4) is 0 Å². The minimum absolute atomic E-state index is 0.0308. The van der Waals surface area contributed by atoms with Gasteiger partial charge in [-0.1, -0.05) is 25.7 Å². The summed E-state index contributed by atoms with van der Waals surface area (Å²) < 4.78 is 0. The fourth-order valence-corrected chi connectivity index (χ4v) is 3.04. The van der Waals surface area contributed by atoms with Gasteiger partial charge in [0.1, 0.15) is 0 Å². The van der Waals surface area contributed by atoms with Crippen LogP contribution in [0.2, 0.25) is 0 Å². The predicted molar refractivity (Wildman–Crippen MR) is 65.4 cm³/mol. The van der Waals surface area contributed by atoms with E-state index in [1.54, 1.807) is 0 Å². The quantitative estimate of drug-likeness (QED) is 0.740. The Labute approximate surface area is 103 Å². The second kappa shape index (κ2) is 5.52. The van der Waals surface area contributed by atoms with Crippen LogP contribution >= 0.6 is 0 Å². The summed E-state index contributed by atoms with van der Waals surface area (Å²) >= 11 is 0. The molecule has 0 spiro atoms. The fraction of sp³-hybridized carbons (Fsp3) is 0.846. The highest BCUT2D eigenvalue weighted by Crippen LogP contribution is 2.25. The van der Waals surface area contributed by atoms with E-state index in [1.165, 1.54) is 32.6 Å². The van der Waals surface area contributed by atoms with Crippen LogP contribution in [0.5, 0.6) is 0 Å². The number of carbonyl (C=O) groups is 2. The second-order valence-corrected chi connectivity index (χ2v) is 5.29. The number of likely N-dealkylation sites (tertiary alicyclic amines) is 1. The van der Waals surface area contributed by atoms with Gasteiger partial charge in [0, 0.05) is 25.9 Å². The molecule has 17 heavy (non-hydrogen) atoms. The molecule has 0 bridgehead atoms. The number of amides is 2. The summed E-state index contributed by atoms with van der Waals surface area (Å²) in [6.07, 6.45) is 7.83. The molecule has 1 aliphatic carbocycles. The molecule has 2 fully saturated rings. The summed E-state index contributed by atoms with van der Waals surface area (Å²) in [5, 5.41) is 2.86. The first-order valence-corrected chi connectivity index (χ1v) is 6.73. The summed E-state index contributed by atoms with van der Waals surface area (Å²) in [5.74, 6) is 0.182. The molecule has 1 heterocycles. The summed E-state index contributed by atoms with van der Waals surface area (Å²) in [6.45, 7) is 2.22. The van der Waals surface area contributed by atoms with Crippen LogP contribution in [0.15, 0.2) is 0 Å². The Morgan fingerprint density at radius 1 is 1.24 bits per heavy atom. The molecule has 0 radical (unpaired) electrons. The largest absolute Gasteiger partial charge is 0.351 e. The lowest BCUT2D eigenvalue weighted by atomic mass is 10.1. The molecule has 0 unspecified atom stereocenters.